The van der Waals surface area contributed by atoms with Crippen molar-refractivity contribution >= 4 is 55.0 Å². The van der Waals surface area contributed by atoms with E-state index in [9.17, 15) is 9.90 Å². The molecule has 2 aromatic carbocycles. The molecule has 6 heteroatoms. The van der Waals surface area contributed by atoms with E-state index >= 15 is 0 Å². The van der Waals surface area contributed by atoms with Crippen LogP contribution >= 0.6 is 31.9 Å². The van der Waals surface area contributed by atoms with Gasteiger partial charge < -0.3 is 9.90 Å². The van der Waals surface area contributed by atoms with Crippen molar-refractivity contribution in [1.29, 1.82) is 0 Å². The minimum atomic E-state index is -1.16. The number of nitrogens with zero attached hydrogens (tertiary/aromatic N) is 2. The Hall–Kier alpha value is -1.66. The molecule has 1 aliphatic heterocycles. The first kappa shape index (κ1) is 19.1. The Bertz CT molecular complexity index is 905. The van der Waals surface area contributed by atoms with Crippen LogP contribution in [0.5, 0.6) is 0 Å². The SMILES string of the molecule is Cc1cc(Br)cc(C)c1N1CC[N+](c2c(C)cc(Br)cc2C)=C1C(=O)[O-]. The molecule has 0 bridgehead atoms. The molecule has 3 rings (SSSR count). The summed E-state index contributed by atoms with van der Waals surface area (Å²) in [5.74, 6) is -0.960. The van der Waals surface area contributed by atoms with Crippen molar-refractivity contribution in [2.24, 2.45) is 0 Å². The van der Waals surface area contributed by atoms with Crippen LogP contribution in [0, 0.1) is 27.7 Å². The van der Waals surface area contributed by atoms with E-state index in [1.807, 2.05) is 61.4 Å². The summed E-state index contributed by atoms with van der Waals surface area (Å²) >= 11 is 7.01. The molecular weight excluding hydrogens is 460 g/mol. The van der Waals surface area contributed by atoms with Crippen molar-refractivity contribution in [1.82, 2.24) is 0 Å². The average molecular weight is 480 g/mol. The van der Waals surface area contributed by atoms with Crippen molar-refractivity contribution in [2.75, 3.05) is 18.0 Å². The Morgan fingerprint density at radius 1 is 0.962 bits per heavy atom. The van der Waals surface area contributed by atoms with Crippen LogP contribution in [-0.2, 0) is 4.79 Å². The number of amidine groups is 1. The fraction of sp³-hybridized carbons (Fsp3) is 0.300. The fourth-order valence-electron chi connectivity index (χ4n) is 3.87. The van der Waals surface area contributed by atoms with E-state index in [1.54, 1.807) is 0 Å². The van der Waals surface area contributed by atoms with Crippen LogP contribution in [0.2, 0.25) is 0 Å². The summed E-state index contributed by atoms with van der Waals surface area (Å²) in [6.07, 6.45) is 0. The number of benzene rings is 2. The van der Waals surface area contributed by atoms with Gasteiger partial charge in [-0.2, -0.15) is 0 Å². The molecule has 0 radical (unpaired) electrons. The van der Waals surface area contributed by atoms with Gasteiger partial charge in [0.05, 0.1) is 0 Å². The van der Waals surface area contributed by atoms with Gasteiger partial charge in [0, 0.05) is 8.95 Å². The van der Waals surface area contributed by atoms with Crippen LogP contribution in [0.15, 0.2) is 33.2 Å². The number of carboxylic acids is 1. The molecule has 4 nitrogen and oxygen atoms in total. The quantitative estimate of drug-likeness (QED) is 0.629. The molecule has 0 fully saturated rings. The van der Waals surface area contributed by atoms with Crippen LogP contribution in [-0.4, -0.2) is 29.5 Å². The smallest absolute Gasteiger partial charge is 0.305 e. The largest absolute Gasteiger partial charge is 0.538 e. The molecule has 0 unspecified atom stereocenters. The Balaban J connectivity index is 2.23. The number of rotatable bonds is 3. The molecule has 136 valence electrons. The highest BCUT2D eigenvalue weighted by Crippen LogP contribution is 2.33. The van der Waals surface area contributed by atoms with Crippen LogP contribution in [0.4, 0.5) is 11.4 Å². The van der Waals surface area contributed by atoms with Crippen molar-refractivity contribution in [3.05, 3.63) is 55.5 Å². The van der Waals surface area contributed by atoms with Crippen LogP contribution < -0.4 is 10.0 Å². The highest BCUT2D eigenvalue weighted by atomic mass is 79.9. The number of aliphatic carboxylic acids is 1. The van der Waals surface area contributed by atoms with Gasteiger partial charge in [-0.1, -0.05) is 31.9 Å². The van der Waals surface area contributed by atoms with Gasteiger partial charge in [-0.25, -0.2) is 9.48 Å². The minimum Gasteiger partial charge on any atom is -0.538 e. The molecule has 0 aliphatic carbocycles. The van der Waals surface area contributed by atoms with E-state index in [-0.39, 0.29) is 5.84 Å². The van der Waals surface area contributed by atoms with Gasteiger partial charge >= 0.3 is 5.84 Å². The molecule has 1 heterocycles. The van der Waals surface area contributed by atoms with Crippen molar-refractivity contribution in [3.8, 4) is 0 Å². The van der Waals surface area contributed by atoms with Crippen molar-refractivity contribution in [3.63, 3.8) is 0 Å². The van der Waals surface area contributed by atoms with E-state index in [4.69, 9.17) is 0 Å². The highest BCUT2D eigenvalue weighted by molar-refractivity contribution is 9.10. The van der Waals surface area contributed by atoms with Crippen LogP contribution in [0.3, 0.4) is 0 Å². The summed E-state index contributed by atoms with van der Waals surface area (Å²) in [5, 5.41) is 12.1. The monoisotopic (exact) mass is 478 g/mol. The Labute approximate surface area is 170 Å². The van der Waals surface area contributed by atoms with Gasteiger partial charge in [-0.05, 0) is 74.2 Å². The number of hydrogen-bond donors (Lipinski definition) is 0. The summed E-state index contributed by atoms with van der Waals surface area (Å²) in [7, 11) is 0. The minimum absolute atomic E-state index is 0.201. The predicted octanol–water partition coefficient (Wildman–Crippen LogP) is 3.76. The van der Waals surface area contributed by atoms with E-state index < -0.39 is 5.97 Å². The summed E-state index contributed by atoms with van der Waals surface area (Å²) in [5.41, 5.74) is 5.98. The van der Waals surface area contributed by atoms with Crippen molar-refractivity contribution in [2.45, 2.75) is 27.7 Å². The topological polar surface area (TPSA) is 46.4 Å². The number of carbonyl (C=O) groups is 1. The molecule has 0 saturated heterocycles. The maximum atomic E-state index is 12.1. The van der Waals surface area contributed by atoms with Crippen LogP contribution in [0.1, 0.15) is 22.3 Å². The molecular formula is C20H20Br2N2O2. The standard InChI is InChI=1S/C20H20Br2N2O2/c1-11-7-15(21)8-12(2)17(11)23-5-6-24(19(23)20(25)26)18-13(3)9-16(22)10-14(18)4/h7-10H,5-6H2,1-4H3. The normalized spacial score (nSPS) is 14.3. The zero-order valence-corrected chi connectivity index (χ0v) is 18.4. The predicted molar refractivity (Wildman–Crippen MR) is 109 cm³/mol. The zero-order chi connectivity index (χ0) is 19.2. The second-order valence-electron chi connectivity index (χ2n) is 6.69. The Morgan fingerprint density at radius 2 is 1.42 bits per heavy atom. The van der Waals surface area contributed by atoms with Crippen LogP contribution in [0.25, 0.3) is 0 Å². The van der Waals surface area contributed by atoms with Gasteiger partial charge in [0.1, 0.15) is 24.5 Å². The highest BCUT2D eigenvalue weighted by Gasteiger charge is 2.37. The lowest BCUT2D eigenvalue weighted by atomic mass is 10.1. The molecule has 0 N–H and O–H groups in total. The molecule has 26 heavy (non-hydrogen) atoms. The number of anilines is 1. The number of carbonyl (C=O) groups excluding carboxylic acids is 1. The summed E-state index contributed by atoms with van der Waals surface area (Å²) in [6, 6.07) is 8.03. The van der Waals surface area contributed by atoms with Gasteiger partial charge in [-0.15, -0.1) is 0 Å². The van der Waals surface area contributed by atoms with E-state index in [0.29, 0.717) is 13.1 Å². The van der Waals surface area contributed by atoms with Gasteiger partial charge in [-0.3, -0.25) is 0 Å². The molecule has 0 saturated carbocycles. The molecule has 2 aromatic rings. The fourth-order valence-corrected chi connectivity index (χ4v) is 5.24. The molecule has 0 spiro atoms. The molecule has 1 aliphatic rings. The Kier molecular flexibility index (Phi) is 5.26. The van der Waals surface area contributed by atoms with Crippen molar-refractivity contribution < 1.29 is 14.5 Å². The van der Waals surface area contributed by atoms with Gasteiger partial charge in [0.15, 0.2) is 5.97 Å². The number of carboxylic acid groups (broad SMARTS) is 1. The zero-order valence-electron chi connectivity index (χ0n) is 15.2. The summed E-state index contributed by atoms with van der Waals surface area (Å²) in [6.45, 7) is 9.19. The number of hydrogen-bond acceptors (Lipinski definition) is 3. The van der Waals surface area contributed by atoms with Gasteiger partial charge in [0.2, 0.25) is 0 Å². The third kappa shape index (κ3) is 3.32. The second kappa shape index (κ2) is 7.16. The number of halogens is 2. The summed E-state index contributed by atoms with van der Waals surface area (Å²) < 4.78 is 3.84. The molecule has 0 aromatic heterocycles. The lowest BCUT2D eigenvalue weighted by Gasteiger charge is -2.19. The second-order valence-corrected chi connectivity index (χ2v) is 8.52. The first-order valence-electron chi connectivity index (χ1n) is 8.37. The first-order valence-corrected chi connectivity index (χ1v) is 9.96. The van der Waals surface area contributed by atoms with E-state index in [1.165, 1.54) is 0 Å². The first-order chi connectivity index (χ1) is 12.2. The number of aryl methyl sites for hydroxylation is 4. The van der Waals surface area contributed by atoms with E-state index in [0.717, 1.165) is 42.6 Å². The lowest BCUT2D eigenvalue weighted by molar-refractivity contribution is -0.433. The summed E-state index contributed by atoms with van der Waals surface area (Å²) in [4.78, 5) is 14.0. The third-order valence-corrected chi connectivity index (χ3v) is 5.61. The maximum Gasteiger partial charge on any atom is 0.305 e. The molecule has 0 amide bonds. The third-order valence-electron chi connectivity index (χ3n) is 4.69. The van der Waals surface area contributed by atoms with Gasteiger partial charge in [0.25, 0.3) is 0 Å². The maximum absolute atomic E-state index is 12.1. The average Bonchev–Trinajstić information content (AvgIpc) is 2.89. The lowest BCUT2D eigenvalue weighted by Crippen LogP contribution is -2.44. The Morgan fingerprint density at radius 3 is 1.88 bits per heavy atom. The molecule has 0 atom stereocenters. The van der Waals surface area contributed by atoms with E-state index in [2.05, 4.69) is 31.9 Å².